The minimum Gasteiger partial charge on any atom is -0.467 e. The quantitative estimate of drug-likeness (QED) is 0.452. The van der Waals surface area contributed by atoms with Crippen molar-refractivity contribution in [3.63, 3.8) is 0 Å². The highest BCUT2D eigenvalue weighted by molar-refractivity contribution is 7.19. The normalized spacial score (nSPS) is 12.7. The molecule has 4 nitrogen and oxygen atoms in total. The third-order valence-corrected chi connectivity index (χ3v) is 6.12. The monoisotopic (exact) mass is 397 g/mol. The van der Waals surface area contributed by atoms with Crippen LogP contribution in [0.1, 0.15) is 28.2 Å². The minimum absolute atomic E-state index is 0. The lowest BCUT2D eigenvalue weighted by atomic mass is 10.1. The molecule has 0 spiro atoms. The Morgan fingerprint density at radius 2 is 1.89 bits per heavy atom. The van der Waals surface area contributed by atoms with Crippen molar-refractivity contribution < 1.29 is 4.42 Å². The lowest BCUT2D eigenvalue weighted by Crippen LogP contribution is -2.23. The van der Waals surface area contributed by atoms with Crippen LogP contribution in [0.15, 0.2) is 59.5 Å². The number of fused-ring (bicyclic) bond motifs is 3. The number of halogens is 1. The van der Waals surface area contributed by atoms with Crippen LogP contribution >= 0.6 is 23.7 Å². The average Bonchev–Trinajstić information content (AvgIpc) is 3.39. The van der Waals surface area contributed by atoms with Gasteiger partial charge in [-0.3, -0.25) is 0 Å². The highest BCUT2D eigenvalue weighted by Crippen LogP contribution is 2.40. The van der Waals surface area contributed by atoms with Crippen LogP contribution in [0.2, 0.25) is 0 Å². The van der Waals surface area contributed by atoms with Crippen LogP contribution in [0.5, 0.6) is 0 Å². The maximum absolute atomic E-state index is 5.63. The molecule has 3 heterocycles. The van der Waals surface area contributed by atoms with Gasteiger partial charge in [-0.2, -0.15) is 0 Å². The van der Waals surface area contributed by atoms with Gasteiger partial charge in [0.1, 0.15) is 22.7 Å². The third-order valence-electron chi connectivity index (χ3n) is 4.92. The van der Waals surface area contributed by atoms with Gasteiger partial charge in [0.05, 0.1) is 18.2 Å². The van der Waals surface area contributed by atoms with Crippen molar-refractivity contribution in [2.75, 3.05) is 4.90 Å². The number of hydrogen-bond acceptors (Lipinski definition) is 5. The van der Waals surface area contributed by atoms with Gasteiger partial charge in [0.25, 0.3) is 0 Å². The fourth-order valence-electron chi connectivity index (χ4n) is 3.75. The van der Waals surface area contributed by atoms with Crippen molar-refractivity contribution in [2.45, 2.75) is 32.4 Å². The number of anilines is 1. The molecule has 138 valence electrons. The van der Waals surface area contributed by atoms with Crippen molar-refractivity contribution in [1.29, 1.82) is 0 Å². The first-order chi connectivity index (χ1) is 12.9. The zero-order chi connectivity index (χ0) is 17.3. The van der Waals surface area contributed by atoms with Crippen LogP contribution in [0.25, 0.3) is 10.2 Å². The highest BCUT2D eigenvalue weighted by Gasteiger charge is 2.24. The third kappa shape index (κ3) is 3.45. The standard InChI is InChI=1S/C21H19N3OS.ClH/c1-2-6-15(7-3-1)12-24(13-16-8-5-11-25-16)20-19-17-9-4-10-18(17)26-21(19)23-14-22-20;/h1-3,5-8,11,14H,4,9-10,12-13H2;1H. The molecule has 0 fully saturated rings. The molecule has 0 amide bonds. The lowest BCUT2D eigenvalue weighted by Gasteiger charge is -2.24. The largest absolute Gasteiger partial charge is 0.467 e. The highest BCUT2D eigenvalue weighted by atomic mass is 35.5. The molecule has 1 aromatic carbocycles. The van der Waals surface area contributed by atoms with Gasteiger partial charge in [-0.1, -0.05) is 30.3 Å². The number of benzene rings is 1. The molecule has 0 unspecified atom stereocenters. The Morgan fingerprint density at radius 3 is 2.70 bits per heavy atom. The van der Waals surface area contributed by atoms with E-state index in [1.807, 2.05) is 23.5 Å². The van der Waals surface area contributed by atoms with E-state index in [4.69, 9.17) is 9.40 Å². The summed E-state index contributed by atoms with van der Waals surface area (Å²) in [6, 6.07) is 14.5. The van der Waals surface area contributed by atoms with Crippen LogP contribution in [0.4, 0.5) is 5.82 Å². The molecular formula is C21H20ClN3OS. The number of aromatic nitrogens is 2. The summed E-state index contributed by atoms with van der Waals surface area (Å²) < 4.78 is 5.63. The van der Waals surface area contributed by atoms with E-state index in [-0.39, 0.29) is 12.4 Å². The van der Waals surface area contributed by atoms with Crippen molar-refractivity contribution in [3.05, 3.63) is 76.8 Å². The molecular weight excluding hydrogens is 378 g/mol. The number of furan rings is 1. The van der Waals surface area contributed by atoms with Gasteiger partial charge in [-0.25, -0.2) is 9.97 Å². The van der Waals surface area contributed by atoms with Crippen molar-refractivity contribution in [1.82, 2.24) is 9.97 Å². The van der Waals surface area contributed by atoms with E-state index in [0.29, 0.717) is 6.54 Å². The van der Waals surface area contributed by atoms with Crippen LogP contribution in [-0.4, -0.2) is 9.97 Å². The minimum atomic E-state index is 0. The SMILES string of the molecule is Cl.c1ccc(CN(Cc2ccco2)c2ncnc3sc4c(c23)CCC4)cc1. The zero-order valence-electron chi connectivity index (χ0n) is 14.8. The Morgan fingerprint density at radius 1 is 1.00 bits per heavy atom. The van der Waals surface area contributed by atoms with E-state index in [2.05, 4.69) is 40.2 Å². The Kier molecular flexibility index (Phi) is 5.14. The van der Waals surface area contributed by atoms with Crippen molar-refractivity contribution in [2.24, 2.45) is 0 Å². The van der Waals surface area contributed by atoms with Gasteiger partial charge in [-0.15, -0.1) is 23.7 Å². The molecule has 0 aliphatic heterocycles. The molecule has 0 bridgehead atoms. The Bertz CT molecular complexity index is 1030. The molecule has 0 saturated carbocycles. The zero-order valence-corrected chi connectivity index (χ0v) is 16.4. The number of rotatable bonds is 5. The van der Waals surface area contributed by atoms with Gasteiger partial charge in [-0.05, 0) is 42.5 Å². The Labute approximate surface area is 168 Å². The van der Waals surface area contributed by atoms with Crippen molar-refractivity contribution >= 4 is 39.8 Å². The van der Waals surface area contributed by atoms with Gasteiger partial charge < -0.3 is 9.32 Å². The molecule has 0 radical (unpaired) electrons. The maximum atomic E-state index is 5.63. The van der Waals surface area contributed by atoms with Crippen LogP contribution in [-0.2, 0) is 25.9 Å². The lowest BCUT2D eigenvalue weighted by molar-refractivity contribution is 0.501. The van der Waals surface area contributed by atoms with Crippen molar-refractivity contribution in [3.8, 4) is 0 Å². The summed E-state index contributed by atoms with van der Waals surface area (Å²) in [6.45, 7) is 1.48. The van der Waals surface area contributed by atoms with E-state index in [0.717, 1.165) is 29.4 Å². The first-order valence-corrected chi connectivity index (χ1v) is 9.76. The first kappa shape index (κ1) is 18.0. The smallest absolute Gasteiger partial charge is 0.141 e. The van der Waals surface area contributed by atoms with Crippen LogP contribution in [0.3, 0.4) is 0 Å². The number of aryl methyl sites for hydroxylation is 2. The molecule has 1 aliphatic carbocycles. The molecule has 27 heavy (non-hydrogen) atoms. The second-order valence-corrected chi connectivity index (χ2v) is 7.74. The van der Waals surface area contributed by atoms with Gasteiger partial charge in [0, 0.05) is 11.4 Å². The number of hydrogen-bond donors (Lipinski definition) is 0. The fraction of sp³-hybridized carbons (Fsp3) is 0.238. The summed E-state index contributed by atoms with van der Waals surface area (Å²) in [5.41, 5.74) is 2.72. The van der Waals surface area contributed by atoms with E-state index >= 15 is 0 Å². The summed E-state index contributed by atoms with van der Waals surface area (Å²) in [7, 11) is 0. The maximum Gasteiger partial charge on any atom is 0.141 e. The second kappa shape index (κ2) is 7.71. The van der Waals surface area contributed by atoms with Crippen LogP contribution < -0.4 is 4.90 Å². The van der Waals surface area contributed by atoms with E-state index < -0.39 is 0 Å². The average molecular weight is 398 g/mol. The van der Waals surface area contributed by atoms with E-state index in [1.54, 1.807) is 12.6 Å². The number of thiophene rings is 1. The van der Waals surface area contributed by atoms with E-state index in [1.165, 1.54) is 34.2 Å². The number of nitrogens with zero attached hydrogens (tertiary/aromatic N) is 3. The van der Waals surface area contributed by atoms with Crippen LogP contribution in [0, 0.1) is 0 Å². The fourth-order valence-corrected chi connectivity index (χ4v) is 4.98. The molecule has 1 aliphatic rings. The Balaban J connectivity index is 0.00000180. The molecule has 4 aromatic rings. The predicted molar refractivity (Wildman–Crippen MR) is 112 cm³/mol. The van der Waals surface area contributed by atoms with Gasteiger partial charge in [0.15, 0.2) is 0 Å². The molecule has 0 atom stereocenters. The molecule has 0 N–H and O–H groups in total. The molecule has 6 heteroatoms. The summed E-state index contributed by atoms with van der Waals surface area (Å²) in [4.78, 5) is 14.2. The summed E-state index contributed by atoms with van der Waals surface area (Å²) in [5.74, 6) is 1.97. The van der Waals surface area contributed by atoms with Gasteiger partial charge >= 0.3 is 0 Å². The second-order valence-electron chi connectivity index (χ2n) is 6.66. The molecule has 0 saturated heterocycles. The molecule has 3 aromatic heterocycles. The topological polar surface area (TPSA) is 42.2 Å². The van der Waals surface area contributed by atoms with Gasteiger partial charge in [0.2, 0.25) is 0 Å². The predicted octanol–water partition coefficient (Wildman–Crippen LogP) is 5.40. The summed E-state index contributed by atoms with van der Waals surface area (Å²) >= 11 is 1.83. The first-order valence-electron chi connectivity index (χ1n) is 8.95. The Hall–Kier alpha value is -2.37. The van der Waals surface area contributed by atoms with E-state index in [9.17, 15) is 0 Å². The summed E-state index contributed by atoms with van der Waals surface area (Å²) in [5, 5.41) is 1.24. The summed E-state index contributed by atoms with van der Waals surface area (Å²) in [6.07, 6.45) is 6.97. The molecule has 5 rings (SSSR count).